The number of H-pyrrole nitrogens is 1. The molecular weight excluding hydrogens is 380 g/mol. The fourth-order valence-corrected chi connectivity index (χ4v) is 3.83. The first kappa shape index (κ1) is 19.7. The third-order valence-corrected chi connectivity index (χ3v) is 5.33. The summed E-state index contributed by atoms with van der Waals surface area (Å²) in [6.45, 7) is 4.06. The van der Waals surface area contributed by atoms with Crippen molar-refractivity contribution >= 4 is 34.8 Å². The lowest BCUT2D eigenvalue weighted by atomic mass is 10.1. The molecule has 2 heterocycles. The molecule has 1 aromatic carbocycles. The van der Waals surface area contributed by atoms with Crippen LogP contribution in [0.4, 0.5) is 5.95 Å². The monoisotopic (exact) mass is 402 g/mol. The fourth-order valence-electron chi connectivity index (χ4n) is 2.57. The number of aromatic nitrogens is 4. The number of phenolic OH excluding ortho intramolecular Hbond substituents is 1. The highest BCUT2D eigenvalue weighted by atomic mass is 32.2. The van der Waals surface area contributed by atoms with E-state index in [4.69, 9.17) is 10.5 Å². The maximum absolute atomic E-state index is 12.7. The Morgan fingerprint density at radius 1 is 1.39 bits per heavy atom. The van der Waals surface area contributed by atoms with Gasteiger partial charge in [-0.3, -0.25) is 4.79 Å². The van der Waals surface area contributed by atoms with Gasteiger partial charge in [0.1, 0.15) is 10.5 Å². The van der Waals surface area contributed by atoms with E-state index < -0.39 is 0 Å². The number of benzene rings is 1. The van der Waals surface area contributed by atoms with Crippen LogP contribution in [-0.4, -0.2) is 49.9 Å². The van der Waals surface area contributed by atoms with Crippen molar-refractivity contribution in [3.05, 3.63) is 30.1 Å². The summed E-state index contributed by atoms with van der Waals surface area (Å²) in [5, 5.41) is 13.4. The van der Waals surface area contributed by atoms with Crippen molar-refractivity contribution in [2.45, 2.75) is 24.9 Å². The number of hydrogen-bond acceptors (Lipinski definition) is 8. The van der Waals surface area contributed by atoms with Gasteiger partial charge in [-0.2, -0.15) is 4.98 Å². The Morgan fingerprint density at radius 2 is 2.18 bits per heavy atom. The van der Waals surface area contributed by atoms with Gasteiger partial charge in [0, 0.05) is 17.4 Å². The summed E-state index contributed by atoms with van der Waals surface area (Å²) in [4.78, 5) is 28.1. The molecule has 3 aromatic rings. The van der Waals surface area contributed by atoms with E-state index in [1.54, 1.807) is 12.4 Å². The number of aromatic amines is 1. The van der Waals surface area contributed by atoms with Crippen molar-refractivity contribution in [2.75, 3.05) is 18.6 Å². The smallest absolute Gasteiger partial charge is 0.251 e. The average molecular weight is 402 g/mol. The number of carbonyl (C=O) groups is 1. The Morgan fingerprint density at radius 3 is 2.89 bits per heavy atom. The van der Waals surface area contributed by atoms with E-state index in [1.165, 1.54) is 31.0 Å². The van der Waals surface area contributed by atoms with E-state index in [0.717, 1.165) is 5.52 Å². The number of aromatic hydroxyl groups is 1. The van der Waals surface area contributed by atoms with E-state index in [9.17, 15) is 9.90 Å². The SMILES string of the molecule is COc1cc(C(=O)NC(CSc2nc(N)nc3nc[nH]c23)C(C)C)ccc1O. The van der Waals surface area contributed by atoms with Crippen molar-refractivity contribution in [2.24, 2.45) is 5.92 Å². The van der Waals surface area contributed by atoms with Gasteiger partial charge in [0.2, 0.25) is 5.95 Å². The number of fused-ring (bicyclic) bond motifs is 1. The minimum Gasteiger partial charge on any atom is -0.504 e. The Bertz CT molecular complexity index is 991. The lowest BCUT2D eigenvalue weighted by Gasteiger charge is -2.22. The van der Waals surface area contributed by atoms with Gasteiger partial charge in [-0.05, 0) is 24.1 Å². The quantitative estimate of drug-likeness (QED) is 0.348. The Hall–Kier alpha value is -3.01. The summed E-state index contributed by atoms with van der Waals surface area (Å²) in [7, 11) is 1.44. The number of methoxy groups -OCH3 is 1. The second-order valence-corrected chi connectivity index (χ2v) is 7.52. The van der Waals surface area contributed by atoms with E-state index in [0.29, 0.717) is 22.0 Å². The van der Waals surface area contributed by atoms with E-state index >= 15 is 0 Å². The topological polar surface area (TPSA) is 139 Å². The number of nitrogens with zero attached hydrogens (tertiary/aromatic N) is 3. The first-order valence-electron chi connectivity index (χ1n) is 8.66. The molecule has 28 heavy (non-hydrogen) atoms. The minimum atomic E-state index is -0.244. The molecule has 1 atom stereocenters. The molecular formula is C18H22N6O3S. The highest BCUT2D eigenvalue weighted by molar-refractivity contribution is 7.99. The summed E-state index contributed by atoms with van der Waals surface area (Å²) >= 11 is 1.47. The zero-order chi connectivity index (χ0) is 20.3. The number of hydrogen-bond donors (Lipinski definition) is 4. The minimum absolute atomic E-state index is 0.0139. The van der Waals surface area contributed by atoms with Crippen molar-refractivity contribution in [3.8, 4) is 11.5 Å². The van der Waals surface area contributed by atoms with Crippen LogP contribution >= 0.6 is 11.8 Å². The molecule has 0 spiro atoms. The lowest BCUT2D eigenvalue weighted by Crippen LogP contribution is -2.40. The predicted molar refractivity (Wildman–Crippen MR) is 108 cm³/mol. The first-order chi connectivity index (χ1) is 13.4. The summed E-state index contributed by atoms with van der Waals surface area (Å²) in [6, 6.07) is 4.38. The maximum Gasteiger partial charge on any atom is 0.251 e. The summed E-state index contributed by atoms with van der Waals surface area (Å²) in [5.41, 5.74) is 7.39. The number of amides is 1. The number of nitrogens with one attached hydrogen (secondary N) is 2. The molecule has 0 aliphatic carbocycles. The van der Waals surface area contributed by atoms with E-state index in [-0.39, 0.29) is 35.3 Å². The number of carbonyl (C=O) groups excluding carboxylic acids is 1. The van der Waals surface area contributed by atoms with Gasteiger partial charge in [0.25, 0.3) is 5.91 Å². The van der Waals surface area contributed by atoms with Crippen molar-refractivity contribution in [1.82, 2.24) is 25.3 Å². The average Bonchev–Trinajstić information content (AvgIpc) is 3.13. The van der Waals surface area contributed by atoms with Crippen molar-refractivity contribution in [1.29, 1.82) is 0 Å². The molecule has 0 aliphatic heterocycles. The summed E-state index contributed by atoms with van der Waals surface area (Å²) in [5.74, 6) is 0.923. The van der Waals surface area contributed by atoms with Crippen LogP contribution in [0.15, 0.2) is 29.6 Å². The van der Waals surface area contributed by atoms with Gasteiger partial charge in [0.15, 0.2) is 17.1 Å². The molecule has 0 radical (unpaired) electrons. The maximum atomic E-state index is 12.7. The van der Waals surface area contributed by atoms with Crippen LogP contribution in [0.3, 0.4) is 0 Å². The molecule has 0 bridgehead atoms. The van der Waals surface area contributed by atoms with Crippen LogP contribution < -0.4 is 15.8 Å². The molecule has 0 saturated carbocycles. The number of nitrogens with two attached hydrogens (primary N) is 1. The van der Waals surface area contributed by atoms with Crippen LogP contribution in [0.1, 0.15) is 24.2 Å². The normalized spacial score (nSPS) is 12.3. The molecule has 148 valence electrons. The van der Waals surface area contributed by atoms with Crippen LogP contribution in [0.5, 0.6) is 11.5 Å². The van der Waals surface area contributed by atoms with Crippen LogP contribution in [0, 0.1) is 5.92 Å². The molecule has 5 N–H and O–H groups in total. The predicted octanol–water partition coefficient (Wildman–Crippen LogP) is 2.20. The van der Waals surface area contributed by atoms with Gasteiger partial charge in [-0.15, -0.1) is 11.8 Å². The van der Waals surface area contributed by atoms with Gasteiger partial charge >= 0.3 is 0 Å². The van der Waals surface area contributed by atoms with Crippen LogP contribution in [0.25, 0.3) is 11.2 Å². The second kappa shape index (κ2) is 8.34. The molecule has 3 rings (SSSR count). The standard InChI is InChI=1S/C18H22N6O3S/c1-9(2)11(22-16(26)10-4-5-12(25)13(6-10)27-3)7-28-17-14-15(21-8-20-14)23-18(19)24-17/h4-6,8-9,11,25H,7H2,1-3H3,(H,22,26)(H3,19,20,21,23,24). The Kier molecular flexibility index (Phi) is 5.88. The highest BCUT2D eigenvalue weighted by Gasteiger charge is 2.20. The number of rotatable bonds is 7. The number of ether oxygens (including phenoxy) is 1. The third-order valence-electron chi connectivity index (χ3n) is 4.23. The van der Waals surface area contributed by atoms with Crippen molar-refractivity contribution < 1.29 is 14.6 Å². The molecule has 1 unspecified atom stereocenters. The Balaban J connectivity index is 1.73. The van der Waals surface area contributed by atoms with Crippen LogP contribution in [-0.2, 0) is 0 Å². The zero-order valence-electron chi connectivity index (χ0n) is 15.8. The largest absolute Gasteiger partial charge is 0.504 e. The van der Waals surface area contributed by atoms with Gasteiger partial charge in [-0.25, -0.2) is 9.97 Å². The van der Waals surface area contributed by atoms with Gasteiger partial charge < -0.3 is 25.9 Å². The third kappa shape index (κ3) is 4.28. The fraction of sp³-hybridized carbons (Fsp3) is 0.333. The molecule has 9 nitrogen and oxygen atoms in total. The Labute approximate surface area is 166 Å². The molecule has 10 heteroatoms. The van der Waals surface area contributed by atoms with E-state index in [2.05, 4.69) is 25.3 Å². The lowest BCUT2D eigenvalue weighted by molar-refractivity contribution is 0.0931. The zero-order valence-corrected chi connectivity index (χ0v) is 16.6. The number of thioether (sulfide) groups is 1. The molecule has 0 saturated heterocycles. The molecule has 0 aliphatic rings. The number of anilines is 1. The van der Waals surface area contributed by atoms with Gasteiger partial charge in [-0.1, -0.05) is 13.8 Å². The van der Waals surface area contributed by atoms with Crippen molar-refractivity contribution in [3.63, 3.8) is 0 Å². The molecule has 0 fully saturated rings. The highest BCUT2D eigenvalue weighted by Crippen LogP contribution is 2.27. The number of phenols is 1. The van der Waals surface area contributed by atoms with E-state index in [1.807, 2.05) is 13.8 Å². The second-order valence-electron chi connectivity index (χ2n) is 6.51. The van der Waals surface area contributed by atoms with Crippen LogP contribution in [0.2, 0.25) is 0 Å². The first-order valence-corrected chi connectivity index (χ1v) is 9.65. The number of imidazole rings is 1. The molecule has 2 aromatic heterocycles. The van der Waals surface area contributed by atoms with Gasteiger partial charge in [0.05, 0.1) is 13.4 Å². The number of nitrogen functional groups attached to an aromatic ring is 1. The molecule has 1 amide bonds. The summed E-state index contributed by atoms with van der Waals surface area (Å²) < 4.78 is 5.07. The summed E-state index contributed by atoms with van der Waals surface area (Å²) in [6.07, 6.45) is 1.54.